The maximum Gasteiger partial charge on any atom is 0.138 e. The van der Waals surface area contributed by atoms with Gasteiger partial charge in [0.2, 0.25) is 0 Å². The van der Waals surface area contributed by atoms with Gasteiger partial charge in [-0.15, -0.1) is 0 Å². The highest BCUT2D eigenvalue weighted by Crippen LogP contribution is 2.35. The SMILES string of the molecule is Cc1cc(SC#N)ccc1C#Cc1ccc(C2CCC(C)CC2)cc1. The number of thioether (sulfide) groups is 1. The second-order valence-corrected chi connectivity index (χ2v) is 7.86. The van der Waals surface area contributed by atoms with Crippen LogP contribution in [-0.2, 0) is 0 Å². The minimum absolute atomic E-state index is 0.727. The van der Waals surface area contributed by atoms with Gasteiger partial charge in [-0.05, 0) is 84.8 Å². The monoisotopic (exact) mass is 345 g/mol. The van der Waals surface area contributed by atoms with Crippen molar-refractivity contribution in [1.29, 1.82) is 5.26 Å². The van der Waals surface area contributed by atoms with E-state index in [9.17, 15) is 0 Å². The summed E-state index contributed by atoms with van der Waals surface area (Å²) in [6.45, 7) is 4.40. The Hall–Kier alpha value is -2.16. The van der Waals surface area contributed by atoms with E-state index in [4.69, 9.17) is 5.26 Å². The Bertz CT molecular complexity index is 825. The van der Waals surface area contributed by atoms with Crippen molar-refractivity contribution in [3.8, 4) is 17.2 Å². The van der Waals surface area contributed by atoms with Gasteiger partial charge in [0, 0.05) is 16.0 Å². The van der Waals surface area contributed by atoms with Crippen LogP contribution >= 0.6 is 11.8 Å². The summed E-state index contributed by atoms with van der Waals surface area (Å²) in [5.74, 6) is 8.15. The average Bonchev–Trinajstić information content (AvgIpc) is 2.62. The van der Waals surface area contributed by atoms with Gasteiger partial charge in [0.1, 0.15) is 5.40 Å². The summed E-state index contributed by atoms with van der Waals surface area (Å²) in [6.07, 6.45) is 5.34. The van der Waals surface area contributed by atoms with E-state index in [2.05, 4.69) is 48.4 Å². The molecule has 2 aromatic rings. The molecular weight excluding hydrogens is 322 g/mol. The fourth-order valence-electron chi connectivity index (χ4n) is 3.46. The zero-order valence-corrected chi connectivity index (χ0v) is 15.7. The van der Waals surface area contributed by atoms with Crippen LogP contribution in [0.15, 0.2) is 47.4 Å². The van der Waals surface area contributed by atoms with E-state index in [1.807, 2.05) is 25.1 Å². The average molecular weight is 346 g/mol. The molecule has 0 N–H and O–H groups in total. The molecule has 2 aromatic carbocycles. The molecule has 1 fully saturated rings. The molecule has 25 heavy (non-hydrogen) atoms. The van der Waals surface area contributed by atoms with E-state index >= 15 is 0 Å². The van der Waals surface area contributed by atoms with Gasteiger partial charge in [0.15, 0.2) is 0 Å². The van der Waals surface area contributed by atoms with Crippen LogP contribution in [0.5, 0.6) is 0 Å². The molecule has 0 spiro atoms. The van der Waals surface area contributed by atoms with Crippen LogP contribution in [0, 0.1) is 35.3 Å². The Morgan fingerprint density at radius 3 is 2.32 bits per heavy atom. The first-order valence-corrected chi connectivity index (χ1v) is 9.76. The first-order valence-electron chi connectivity index (χ1n) is 8.94. The van der Waals surface area contributed by atoms with Crippen LogP contribution in [0.4, 0.5) is 0 Å². The molecule has 0 heterocycles. The molecule has 2 heteroatoms. The zero-order chi connectivity index (χ0) is 17.6. The maximum atomic E-state index is 8.75. The van der Waals surface area contributed by atoms with Gasteiger partial charge in [-0.2, -0.15) is 5.26 Å². The van der Waals surface area contributed by atoms with Crippen molar-refractivity contribution in [3.05, 3.63) is 64.7 Å². The highest BCUT2D eigenvalue weighted by Gasteiger charge is 2.19. The Morgan fingerprint density at radius 1 is 0.960 bits per heavy atom. The largest absolute Gasteiger partial charge is 0.185 e. The summed E-state index contributed by atoms with van der Waals surface area (Å²) in [4.78, 5) is 0.969. The molecule has 1 aliphatic carbocycles. The Morgan fingerprint density at radius 2 is 1.68 bits per heavy atom. The summed E-state index contributed by atoms with van der Waals surface area (Å²) in [5.41, 5.74) is 4.66. The molecule has 0 aliphatic heterocycles. The number of nitrogens with zero attached hydrogens (tertiary/aromatic N) is 1. The number of nitriles is 1. The van der Waals surface area contributed by atoms with Crippen molar-refractivity contribution in [1.82, 2.24) is 0 Å². The third kappa shape index (κ3) is 4.68. The van der Waals surface area contributed by atoms with Gasteiger partial charge in [0.25, 0.3) is 0 Å². The highest BCUT2D eigenvalue weighted by molar-refractivity contribution is 8.03. The van der Waals surface area contributed by atoms with Crippen LogP contribution in [0.2, 0.25) is 0 Å². The Labute approximate surface area is 155 Å². The van der Waals surface area contributed by atoms with E-state index in [1.165, 1.54) is 43.0 Å². The fraction of sp³-hybridized carbons (Fsp3) is 0.348. The van der Waals surface area contributed by atoms with Crippen LogP contribution in [0.3, 0.4) is 0 Å². The number of thiocyanates is 1. The van der Waals surface area contributed by atoms with Gasteiger partial charge >= 0.3 is 0 Å². The number of hydrogen-bond donors (Lipinski definition) is 0. The lowest BCUT2D eigenvalue weighted by molar-refractivity contribution is 0.348. The third-order valence-electron chi connectivity index (χ3n) is 5.10. The molecule has 0 bridgehead atoms. The van der Waals surface area contributed by atoms with Crippen molar-refractivity contribution >= 4 is 11.8 Å². The Kier molecular flexibility index (Phi) is 5.85. The van der Waals surface area contributed by atoms with Gasteiger partial charge in [0.05, 0.1) is 0 Å². The molecule has 0 radical (unpaired) electrons. The molecule has 1 saturated carbocycles. The molecule has 126 valence electrons. The number of rotatable bonds is 2. The third-order valence-corrected chi connectivity index (χ3v) is 5.68. The van der Waals surface area contributed by atoms with Crippen molar-refractivity contribution < 1.29 is 0 Å². The van der Waals surface area contributed by atoms with Crippen LogP contribution in [0.1, 0.15) is 60.8 Å². The van der Waals surface area contributed by atoms with Crippen molar-refractivity contribution in [3.63, 3.8) is 0 Å². The number of benzene rings is 2. The number of aryl methyl sites for hydroxylation is 1. The molecular formula is C23H23NS. The summed E-state index contributed by atoms with van der Waals surface area (Å²) < 4.78 is 0. The molecule has 3 rings (SSSR count). The maximum absolute atomic E-state index is 8.75. The van der Waals surface area contributed by atoms with Gasteiger partial charge in [-0.25, -0.2) is 0 Å². The molecule has 1 nitrogen and oxygen atoms in total. The van der Waals surface area contributed by atoms with E-state index in [1.54, 1.807) is 0 Å². The normalized spacial score (nSPS) is 19.6. The second-order valence-electron chi connectivity index (χ2n) is 7.00. The topological polar surface area (TPSA) is 23.8 Å². The van der Waals surface area contributed by atoms with Gasteiger partial charge < -0.3 is 0 Å². The predicted octanol–water partition coefficient (Wildman–Crippen LogP) is 6.26. The van der Waals surface area contributed by atoms with Crippen molar-refractivity contribution in [2.45, 2.75) is 50.3 Å². The molecule has 1 aliphatic rings. The summed E-state index contributed by atoms with van der Waals surface area (Å²) in [6, 6.07) is 14.8. The molecule has 0 saturated heterocycles. The number of hydrogen-bond acceptors (Lipinski definition) is 2. The molecule has 0 aromatic heterocycles. The first-order chi connectivity index (χ1) is 12.2. The first kappa shape index (κ1) is 17.7. The quantitative estimate of drug-likeness (QED) is 0.364. The highest BCUT2D eigenvalue weighted by atomic mass is 32.2. The molecule has 0 amide bonds. The van der Waals surface area contributed by atoms with E-state index in [0.717, 1.165) is 33.4 Å². The van der Waals surface area contributed by atoms with Crippen molar-refractivity contribution in [2.75, 3.05) is 0 Å². The zero-order valence-electron chi connectivity index (χ0n) is 14.9. The van der Waals surface area contributed by atoms with Crippen LogP contribution in [0.25, 0.3) is 0 Å². The predicted molar refractivity (Wildman–Crippen MR) is 105 cm³/mol. The lowest BCUT2D eigenvalue weighted by atomic mass is 9.79. The van der Waals surface area contributed by atoms with E-state index < -0.39 is 0 Å². The molecule has 0 unspecified atom stereocenters. The smallest absolute Gasteiger partial charge is 0.138 e. The summed E-state index contributed by atoms with van der Waals surface area (Å²) in [7, 11) is 0. The second kappa shape index (κ2) is 8.28. The van der Waals surface area contributed by atoms with Crippen LogP contribution < -0.4 is 0 Å². The van der Waals surface area contributed by atoms with Crippen molar-refractivity contribution in [2.24, 2.45) is 5.92 Å². The lowest BCUT2D eigenvalue weighted by Crippen LogP contribution is -2.10. The lowest BCUT2D eigenvalue weighted by Gasteiger charge is -2.26. The van der Waals surface area contributed by atoms with Crippen LogP contribution in [-0.4, -0.2) is 0 Å². The summed E-state index contributed by atoms with van der Waals surface area (Å²) >= 11 is 1.19. The van der Waals surface area contributed by atoms with Gasteiger partial charge in [-0.3, -0.25) is 0 Å². The molecule has 0 atom stereocenters. The van der Waals surface area contributed by atoms with Gasteiger partial charge in [-0.1, -0.05) is 43.7 Å². The van der Waals surface area contributed by atoms with E-state index in [-0.39, 0.29) is 0 Å². The Balaban J connectivity index is 1.70. The fourth-order valence-corrected chi connectivity index (χ4v) is 3.94. The standard InChI is InChI=1S/C23H23NS/c1-17-3-8-21(9-4-17)22-11-6-19(7-12-22)5-10-20-13-14-23(25-16-24)15-18(20)2/h6-7,11-15,17,21H,3-4,8-9H2,1-2H3. The minimum atomic E-state index is 0.727. The minimum Gasteiger partial charge on any atom is -0.185 e. The summed E-state index contributed by atoms with van der Waals surface area (Å²) in [5, 5.41) is 10.9. The van der Waals surface area contributed by atoms with E-state index in [0.29, 0.717) is 0 Å².